The van der Waals surface area contributed by atoms with Gasteiger partial charge in [0, 0.05) is 40.3 Å². The molecule has 1 aliphatic heterocycles. The van der Waals surface area contributed by atoms with Gasteiger partial charge in [-0.2, -0.15) is 0 Å². The number of aliphatic imine (C=N–C) groups is 1. The number of carbonyl (C=O) groups excluding carboxylic acids is 2. The first-order valence-corrected chi connectivity index (χ1v) is 9.91. The fraction of sp³-hybridized carbons (Fsp3) is 0.292. The van der Waals surface area contributed by atoms with Crippen LogP contribution in [-0.4, -0.2) is 23.9 Å². The molecule has 0 saturated heterocycles. The van der Waals surface area contributed by atoms with Gasteiger partial charge in [-0.25, -0.2) is 0 Å². The maximum Gasteiger partial charge on any atom is 0.192 e. The number of para-hydroxylation sites is 1. The second kappa shape index (κ2) is 6.55. The molecule has 3 aliphatic rings. The lowest BCUT2D eigenvalue weighted by atomic mass is 9.69. The predicted octanol–water partition coefficient (Wildman–Crippen LogP) is 4.60. The zero-order valence-electron chi connectivity index (χ0n) is 15.8. The summed E-state index contributed by atoms with van der Waals surface area (Å²) < 4.78 is 5.88. The fourth-order valence-corrected chi connectivity index (χ4v) is 4.81. The van der Waals surface area contributed by atoms with E-state index >= 15 is 0 Å². The Kier molecular flexibility index (Phi) is 4.00. The third kappa shape index (κ3) is 2.40. The van der Waals surface area contributed by atoms with Gasteiger partial charge in [-0.1, -0.05) is 42.5 Å². The smallest absolute Gasteiger partial charge is 0.192 e. The van der Waals surface area contributed by atoms with Crippen molar-refractivity contribution in [3.05, 3.63) is 70.8 Å². The zero-order chi connectivity index (χ0) is 19.3. The van der Waals surface area contributed by atoms with E-state index in [9.17, 15) is 9.59 Å². The van der Waals surface area contributed by atoms with Crippen LogP contribution in [0, 0.1) is 5.92 Å². The van der Waals surface area contributed by atoms with E-state index in [0.29, 0.717) is 24.2 Å². The van der Waals surface area contributed by atoms with E-state index in [2.05, 4.69) is 0 Å². The Balaban J connectivity index is 1.76. The van der Waals surface area contributed by atoms with Gasteiger partial charge in [-0.05, 0) is 25.8 Å². The molecule has 2 aliphatic carbocycles. The van der Waals surface area contributed by atoms with Crippen molar-refractivity contribution in [2.75, 3.05) is 6.61 Å². The van der Waals surface area contributed by atoms with Gasteiger partial charge in [0.1, 0.15) is 11.5 Å². The van der Waals surface area contributed by atoms with E-state index in [1.165, 1.54) is 0 Å². The number of hydrogen-bond donors (Lipinski definition) is 0. The van der Waals surface area contributed by atoms with E-state index in [4.69, 9.17) is 9.73 Å². The van der Waals surface area contributed by atoms with E-state index in [1.807, 2.05) is 55.5 Å². The van der Waals surface area contributed by atoms with E-state index in [-0.39, 0.29) is 23.4 Å². The van der Waals surface area contributed by atoms with Crippen molar-refractivity contribution in [2.45, 2.75) is 32.1 Å². The normalized spacial score (nSPS) is 23.1. The molecule has 0 amide bonds. The first kappa shape index (κ1) is 17.1. The van der Waals surface area contributed by atoms with Gasteiger partial charge >= 0.3 is 0 Å². The maximum absolute atomic E-state index is 13.4. The van der Waals surface area contributed by atoms with Crippen molar-refractivity contribution >= 4 is 23.0 Å². The summed E-state index contributed by atoms with van der Waals surface area (Å²) in [6.07, 6.45) is 2.17. The first-order chi connectivity index (χ1) is 13.7. The summed E-state index contributed by atoms with van der Waals surface area (Å²) in [6.45, 7) is 2.47. The minimum Gasteiger partial charge on any atom is -0.494 e. The van der Waals surface area contributed by atoms with Crippen LogP contribution in [0.4, 0.5) is 0 Å². The highest BCUT2D eigenvalue weighted by molar-refractivity contribution is 6.25. The van der Waals surface area contributed by atoms with E-state index in [1.54, 1.807) is 0 Å². The van der Waals surface area contributed by atoms with Crippen molar-refractivity contribution in [1.82, 2.24) is 0 Å². The van der Waals surface area contributed by atoms with Gasteiger partial charge < -0.3 is 4.74 Å². The number of carbonyl (C=O) groups is 2. The number of Topliss-reactive ketones (excluding diaryl/α,β-unsaturated/α-hetero) is 2. The summed E-state index contributed by atoms with van der Waals surface area (Å²) in [5, 5.41) is 0. The summed E-state index contributed by atoms with van der Waals surface area (Å²) in [4.78, 5) is 31.3. The van der Waals surface area contributed by atoms with Crippen molar-refractivity contribution in [3.63, 3.8) is 0 Å². The molecule has 1 heterocycles. The Bertz CT molecular complexity index is 1060. The molecule has 28 heavy (non-hydrogen) atoms. The van der Waals surface area contributed by atoms with Gasteiger partial charge in [0.2, 0.25) is 0 Å². The van der Waals surface area contributed by atoms with Crippen LogP contribution in [0.3, 0.4) is 0 Å². The van der Waals surface area contributed by atoms with Crippen molar-refractivity contribution in [1.29, 1.82) is 0 Å². The second-order valence-corrected chi connectivity index (χ2v) is 7.49. The van der Waals surface area contributed by atoms with Crippen LogP contribution in [0.15, 0.2) is 59.1 Å². The average molecular weight is 371 g/mol. The standard InChI is InChI=1S/C24H21NO3/c1-2-28-19-13-6-5-10-16(19)20-21-17(11-7-12-18(21)26)25-23-14-8-3-4-9-15(14)24(27)22(20)23/h3-6,8-10,13,20-21H,2,7,11-12H2,1H3/t20-,21?/m1/s1. The summed E-state index contributed by atoms with van der Waals surface area (Å²) in [5.74, 6) is 0.204. The van der Waals surface area contributed by atoms with Crippen LogP contribution >= 0.6 is 0 Å². The lowest BCUT2D eigenvalue weighted by Gasteiger charge is -2.35. The largest absolute Gasteiger partial charge is 0.494 e. The molecule has 4 nitrogen and oxygen atoms in total. The Morgan fingerprint density at radius 2 is 1.71 bits per heavy atom. The monoisotopic (exact) mass is 371 g/mol. The fourth-order valence-electron chi connectivity index (χ4n) is 4.81. The molecular weight excluding hydrogens is 350 g/mol. The lowest BCUT2D eigenvalue weighted by molar-refractivity contribution is -0.121. The van der Waals surface area contributed by atoms with Crippen LogP contribution in [-0.2, 0) is 4.79 Å². The maximum atomic E-state index is 13.4. The minimum absolute atomic E-state index is 0.0110. The van der Waals surface area contributed by atoms with Crippen LogP contribution in [0.25, 0.3) is 5.70 Å². The quantitative estimate of drug-likeness (QED) is 0.792. The lowest BCUT2D eigenvalue weighted by Crippen LogP contribution is -2.37. The SMILES string of the molecule is CCOc1ccccc1[C@H]1C2=C(N=C3CCCC(=O)C31)c1ccccc1C2=O. The molecular formula is C24H21NO3. The molecule has 4 heteroatoms. The Morgan fingerprint density at radius 1 is 0.964 bits per heavy atom. The molecule has 2 atom stereocenters. The number of ether oxygens (including phenoxy) is 1. The molecule has 0 bridgehead atoms. The van der Waals surface area contributed by atoms with Crippen molar-refractivity contribution < 1.29 is 14.3 Å². The van der Waals surface area contributed by atoms with Crippen LogP contribution in [0.2, 0.25) is 0 Å². The van der Waals surface area contributed by atoms with Gasteiger partial charge in [0.15, 0.2) is 5.78 Å². The number of hydrogen-bond acceptors (Lipinski definition) is 4. The molecule has 0 N–H and O–H groups in total. The molecule has 5 rings (SSSR count). The third-order valence-electron chi connectivity index (χ3n) is 5.94. The average Bonchev–Trinajstić information content (AvgIpc) is 3.00. The summed E-state index contributed by atoms with van der Waals surface area (Å²) in [6, 6.07) is 15.4. The second-order valence-electron chi connectivity index (χ2n) is 7.49. The molecule has 0 spiro atoms. The highest BCUT2D eigenvalue weighted by atomic mass is 16.5. The number of benzene rings is 2. The first-order valence-electron chi connectivity index (χ1n) is 9.91. The number of allylic oxidation sites excluding steroid dienone is 1. The number of rotatable bonds is 3. The number of ketones is 2. The highest BCUT2D eigenvalue weighted by Crippen LogP contribution is 2.51. The molecule has 1 unspecified atom stereocenters. The van der Waals surface area contributed by atoms with Crippen molar-refractivity contribution in [2.24, 2.45) is 10.9 Å². The predicted molar refractivity (Wildman–Crippen MR) is 108 cm³/mol. The van der Waals surface area contributed by atoms with Crippen LogP contribution < -0.4 is 4.74 Å². The molecule has 0 radical (unpaired) electrons. The Morgan fingerprint density at radius 3 is 2.54 bits per heavy atom. The van der Waals surface area contributed by atoms with Crippen LogP contribution in [0.1, 0.15) is 53.6 Å². The summed E-state index contributed by atoms with van der Waals surface area (Å²) in [5.41, 5.74) is 4.78. The molecule has 1 fully saturated rings. The van der Waals surface area contributed by atoms with E-state index in [0.717, 1.165) is 41.1 Å². The highest BCUT2D eigenvalue weighted by Gasteiger charge is 2.47. The van der Waals surface area contributed by atoms with Gasteiger partial charge in [0.05, 0.1) is 18.2 Å². The van der Waals surface area contributed by atoms with Crippen molar-refractivity contribution in [3.8, 4) is 5.75 Å². The Hall–Kier alpha value is -3.01. The zero-order valence-corrected chi connectivity index (χ0v) is 15.8. The van der Waals surface area contributed by atoms with Gasteiger partial charge in [-0.3, -0.25) is 14.6 Å². The third-order valence-corrected chi connectivity index (χ3v) is 5.94. The summed E-state index contributed by atoms with van der Waals surface area (Å²) in [7, 11) is 0. The summed E-state index contributed by atoms with van der Waals surface area (Å²) >= 11 is 0. The molecule has 2 aromatic carbocycles. The molecule has 2 aromatic rings. The van der Waals surface area contributed by atoms with E-state index < -0.39 is 0 Å². The van der Waals surface area contributed by atoms with Gasteiger partial charge in [-0.15, -0.1) is 0 Å². The number of fused-ring (bicyclic) bond motifs is 3. The topological polar surface area (TPSA) is 55.7 Å². The van der Waals surface area contributed by atoms with Crippen LogP contribution in [0.5, 0.6) is 5.75 Å². The molecule has 1 saturated carbocycles. The molecule has 140 valence electrons. The molecule has 0 aromatic heterocycles. The minimum atomic E-state index is -0.368. The van der Waals surface area contributed by atoms with Gasteiger partial charge in [0.25, 0.3) is 0 Å². The Labute approximate surface area is 163 Å². The number of nitrogens with zero attached hydrogens (tertiary/aromatic N) is 1.